The third kappa shape index (κ3) is 4.76. The number of nitrogen functional groups attached to an aromatic ring is 1. The average molecular weight is 277 g/mol. The fourth-order valence-electron chi connectivity index (χ4n) is 2.77. The summed E-state index contributed by atoms with van der Waals surface area (Å²) in [7, 11) is 0. The number of aromatic nitrogens is 1. The third-order valence-corrected chi connectivity index (χ3v) is 3.91. The summed E-state index contributed by atoms with van der Waals surface area (Å²) in [6.07, 6.45) is 10.9. The quantitative estimate of drug-likeness (QED) is 0.804. The zero-order valence-corrected chi connectivity index (χ0v) is 12.5. The Balaban J connectivity index is 1.93. The van der Waals surface area contributed by atoms with Crippen LogP contribution in [-0.4, -0.2) is 30.3 Å². The standard InChI is InChI=1S/C16H27N3O/c1-2-7-19-14(11-15-5-3-4-9-20-15)10-13-12-18-8-6-16(13)17/h6,8,12,14-15,19H,2-5,7,9-11H2,1H3,(H2,17,18). The maximum absolute atomic E-state index is 6.03. The second-order valence-electron chi connectivity index (χ2n) is 5.65. The molecule has 2 unspecified atom stereocenters. The highest BCUT2D eigenvalue weighted by Crippen LogP contribution is 2.20. The molecule has 0 amide bonds. The average Bonchev–Trinajstić information content (AvgIpc) is 2.48. The minimum absolute atomic E-state index is 0.399. The zero-order chi connectivity index (χ0) is 14.2. The van der Waals surface area contributed by atoms with Gasteiger partial charge >= 0.3 is 0 Å². The van der Waals surface area contributed by atoms with E-state index in [0.717, 1.165) is 43.7 Å². The first-order valence-electron chi connectivity index (χ1n) is 7.83. The summed E-state index contributed by atoms with van der Waals surface area (Å²) in [4.78, 5) is 4.19. The summed E-state index contributed by atoms with van der Waals surface area (Å²) in [5.74, 6) is 0. The van der Waals surface area contributed by atoms with Crippen LogP contribution in [0.3, 0.4) is 0 Å². The molecule has 0 saturated carbocycles. The van der Waals surface area contributed by atoms with Crippen LogP contribution in [0.4, 0.5) is 5.69 Å². The summed E-state index contributed by atoms with van der Waals surface area (Å²) < 4.78 is 5.87. The second kappa shape index (κ2) is 8.22. The molecular weight excluding hydrogens is 250 g/mol. The first-order chi connectivity index (χ1) is 9.79. The van der Waals surface area contributed by atoms with Crippen molar-refractivity contribution in [2.24, 2.45) is 0 Å². The lowest BCUT2D eigenvalue weighted by Crippen LogP contribution is -2.37. The van der Waals surface area contributed by atoms with Gasteiger partial charge in [-0.25, -0.2) is 0 Å². The Labute approximate surface area is 122 Å². The van der Waals surface area contributed by atoms with Crippen LogP contribution in [0, 0.1) is 0 Å². The molecule has 3 N–H and O–H groups in total. The van der Waals surface area contributed by atoms with Crippen LogP contribution in [-0.2, 0) is 11.2 Å². The number of hydrogen-bond acceptors (Lipinski definition) is 4. The van der Waals surface area contributed by atoms with E-state index in [1.165, 1.54) is 19.3 Å². The Morgan fingerprint density at radius 2 is 2.40 bits per heavy atom. The predicted octanol–water partition coefficient (Wildman–Crippen LogP) is 2.53. The Morgan fingerprint density at radius 1 is 1.50 bits per heavy atom. The highest BCUT2D eigenvalue weighted by Gasteiger charge is 2.20. The van der Waals surface area contributed by atoms with Crippen molar-refractivity contribution in [1.29, 1.82) is 0 Å². The molecule has 0 aliphatic carbocycles. The molecule has 1 fully saturated rings. The normalized spacial score (nSPS) is 20.8. The van der Waals surface area contributed by atoms with Gasteiger partial charge in [-0.15, -0.1) is 0 Å². The van der Waals surface area contributed by atoms with E-state index in [4.69, 9.17) is 10.5 Å². The van der Waals surface area contributed by atoms with E-state index in [2.05, 4.69) is 17.2 Å². The van der Waals surface area contributed by atoms with Gasteiger partial charge in [-0.2, -0.15) is 0 Å². The van der Waals surface area contributed by atoms with Crippen molar-refractivity contribution in [3.05, 3.63) is 24.0 Å². The number of nitrogens with zero attached hydrogens (tertiary/aromatic N) is 1. The maximum Gasteiger partial charge on any atom is 0.0590 e. The van der Waals surface area contributed by atoms with E-state index in [9.17, 15) is 0 Å². The lowest BCUT2D eigenvalue weighted by molar-refractivity contribution is 0.00527. The topological polar surface area (TPSA) is 60.2 Å². The maximum atomic E-state index is 6.03. The van der Waals surface area contributed by atoms with E-state index in [1.807, 2.05) is 12.3 Å². The lowest BCUT2D eigenvalue weighted by Gasteiger charge is -2.28. The Kier molecular flexibility index (Phi) is 6.27. The summed E-state index contributed by atoms with van der Waals surface area (Å²) in [5.41, 5.74) is 8.01. The largest absolute Gasteiger partial charge is 0.398 e. The van der Waals surface area contributed by atoms with Gasteiger partial charge in [-0.3, -0.25) is 4.98 Å². The molecule has 0 spiro atoms. The number of ether oxygens (including phenoxy) is 1. The van der Waals surface area contributed by atoms with Gasteiger partial charge in [0.05, 0.1) is 6.10 Å². The Morgan fingerprint density at radius 3 is 3.10 bits per heavy atom. The van der Waals surface area contributed by atoms with Crippen LogP contribution in [0.2, 0.25) is 0 Å². The Bertz CT molecular complexity index is 391. The van der Waals surface area contributed by atoms with Crippen LogP contribution in [0.5, 0.6) is 0 Å². The van der Waals surface area contributed by atoms with Gasteiger partial charge in [-0.05, 0) is 56.7 Å². The molecule has 1 aromatic heterocycles. The number of nitrogens with two attached hydrogens (primary N) is 1. The molecule has 0 radical (unpaired) electrons. The highest BCUT2D eigenvalue weighted by molar-refractivity contribution is 5.44. The molecule has 1 saturated heterocycles. The van der Waals surface area contributed by atoms with Crippen molar-refractivity contribution in [2.45, 2.75) is 57.6 Å². The molecule has 1 aliphatic heterocycles. The van der Waals surface area contributed by atoms with E-state index >= 15 is 0 Å². The summed E-state index contributed by atoms with van der Waals surface area (Å²) in [6, 6.07) is 2.30. The number of anilines is 1. The third-order valence-electron chi connectivity index (χ3n) is 3.91. The molecule has 0 aromatic carbocycles. The minimum atomic E-state index is 0.399. The van der Waals surface area contributed by atoms with E-state index in [0.29, 0.717) is 12.1 Å². The van der Waals surface area contributed by atoms with Gasteiger partial charge in [0.1, 0.15) is 0 Å². The number of rotatable bonds is 7. The first kappa shape index (κ1) is 15.3. The predicted molar refractivity (Wildman–Crippen MR) is 82.6 cm³/mol. The minimum Gasteiger partial charge on any atom is -0.398 e. The van der Waals surface area contributed by atoms with Crippen molar-refractivity contribution in [3.63, 3.8) is 0 Å². The van der Waals surface area contributed by atoms with E-state index in [-0.39, 0.29) is 0 Å². The molecule has 4 heteroatoms. The number of nitrogens with one attached hydrogen (secondary N) is 1. The van der Waals surface area contributed by atoms with Gasteiger partial charge < -0.3 is 15.8 Å². The van der Waals surface area contributed by atoms with Crippen LogP contribution in [0.25, 0.3) is 0 Å². The van der Waals surface area contributed by atoms with E-state index in [1.54, 1.807) is 6.20 Å². The Hall–Kier alpha value is -1.13. The summed E-state index contributed by atoms with van der Waals surface area (Å²) in [5, 5.41) is 3.63. The SMILES string of the molecule is CCCNC(Cc1cnccc1N)CC1CCCCO1. The van der Waals surface area contributed by atoms with Gasteiger partial charge in [0, 0.05) is 30.7 Å². The molecule has 2 heterocycles. The van der Waals surface area contributed by atoms with Crippen molar-refractivity contribution in [3.8, 4) is 0 Å². The lowest BCUT2D eigenvalue weighted by atomic mass is 9.97. The van der Waals surface area contributed by atoms with Gasteiger partial charge in [0.15, 0.2) is 0 Å². The van der Waals surface area contributed by atoms with Gasteiger partial charge in [-0.1, -0.05) is 6.92 Å². The van der Waals surface area contributed by atoms with Gasteiger partial charge in [0.2, 0.25) is 0 Å². The van der Waals surface area contributed by atoms with Crippen LogP contribution in [0.1, 0.15) is 44.6 Å². The molecule has 112 valence electrons. The molecule has 20 heavy (non-hydrogen) atoms. The highest BCUT2D eigenvalue weighted by atomic mass is 16.5. The van der Waals surface area contributed by atoms with Gasteiger partial charge in [0.25, 0.3) is 0 Å². The summed E-state index contributed by atoms with van der Waals surface area (Å²) >= 11 is 0. The smallest absolute Gasteiger partial charge is 0.0590 e. The fraction of sp³-hybridized carbons (Fsp3) is 0.688. The van der Waals surface area contributed by atoms with Crippen molar-refractivity contribution >= 4 is 5.69 Å². The zero-order valence-electron chi connectivity index (χ0n) is 12.5. The van der Waals surface area contributed by atoms with Crippen molar-refractivity contribution in [1.82, 2.24) is 10.3 Å². The van der Waals surface area contributed by atoms with Crippen molar-refractivity contribution < 1.29 is 4.74 Å². The molecule has 2 atom stereocenters. The molecule has 0 bridgehead atoms. The second-order valence-corrected chi connectivity index (χ2v) is 5.65. The molecule has 1 aliphatic rings. The molecular formula is C16H27N3O. The van der Waals surface area contributed by atoms with Crippen LogP contribution in [0.15, 0.2) is 18.5 Å². The molecule has 4 nitrogen and oxygen atoms in total. The van der Waals surface area contributed by atoms with Crippen LogP contribution >= 0.6 is 0 Å². The monoisotopic (exact) mass is 277 g/mol. The van der Waals surface area contributed by atoms with Crippen molar-refractivity contribution in [2.75, 3.05) is 18.9 Å². The molecule has 1 aromatic rings. The first-order valence-corrected chi connectivity index (χ1v) is 7.83. The fourth-order valence-corrected chi connectivity index (χ4v) is 2.77. The van der Waals surface area contributed by atoms with E-state index < -0.39 is 0 Å². The number of pyridine rings is 1. The number of hydrogen-bond donors (Lipinski definition) is 2. The summed E-state index contributed by atoms with van der Waals surface area (Å²) in [6.45, 7) is 4.15. The molecule has 2 rings (SSSR count). The van der Waals surface area contributed by atoms with Crippen LogP contribution < -0.4 is 11.1 Å².